The van der Waals surface area contributed by atoms with Crippen molar-refractivity contribution in [2.24, 2.45) is 11.8 Å². The zero-order chi connectivity index (χ0) is 18.0. The lowest BCUT2D eigenvalue weighted by molar-refractivity contribution is -0.117. The molecule has 1 fully saturated rings. The van der Waals surface area contributed by atoms with E-state index in [2.05, 4.69) is 10.6 Å². The molecular formula is C19H22ClN3O3. The SMILES string of the molecule is COc1ccc(N)c(NC(=O)c2cccc(NC(=O)C3CC3C)c2)c1.Cl. The Kier molecular flexibility index (Phi) is 6.10. The van der Waals surface area contributed by atoms with Crippen molar-refractivity contribution >= 4 is 41.3 Å². The van der Waals surface area contributed by atoms with Gasteiger partial charge in [0.05, 0.1) is 18.5 Å². The lowest BCUT2D eigenvalue weighted by atomic mass is 10.1. The average Bonchev–Trinajstić information content (AvgIpc) is 3.34. The van der Waals surface area contributed by atoms with Gasteiger partial charge in [0.15, 0.2) is 0 Å². The van der Waals surface area contributed by atoms with Gasteiger partial charge in [-0.05, 0) is 42.7 Å². The van der Waals surface area contributed by atoms with Crippen molar-refractivity contribution in [2.45, 2.75) is 13.3 Å². The number of amides is 2. The largest absolute Gasteiger partial charge is 0.497 e. The first-order chi connectivity index (χ1) is 12.0. The first kappa shape index (κ1) is 19.6. The van der Waals surface area contributed by atoms with E-state index in [0.29, 0.717) is 34.3 Å². The van der Waals surface area contributed by atoms with E-state index < -0.39 is 0 Å². The molecule has 0 radical (unpaired) electrons. The van der Waals surface area contributed by atoms with Crippen molar-refractivity contribution in [3.05, 3.63) is 48.0 Å². The minimum absolute atomic E-state index is 0. The molecule has 1 saturated carbocycles. The smallest absolute Gasteiger partial charge is 0.255 e. The highest BCUT2D eigenvalue weighted by atomic mass is 35.5. The number of benzene rings is 2. The van der Waals surface area contributed by atoms with Crippen LogP contribution in [0.3, 0.4) is 0 Å². The molecule has 2 atom stereocenters. The fraction of sp³-hybridized carbons (Fsp3) is 0.263. The Hall–Kier alpha value is -2.73. The van der Waals surface area contributed by atoms with Crippen molar-refractivity contribution in [2.75, 3.05) is 23.5 Å². The van der Waals surface area contributed by atoms with Gasteiger partial charge in [-0.15, -0.1) is 12.4 Å². The van der Waals surface area contributed by atoms with E-state index in [0.717, 1.165) is 6.42 Å². The number of carbonyl (C=O) groups excluding carboxylic acids is 2. The van der Waals surface area contributed by atoms with Crippen LogP contribution in [0.15, 0.2) is 42.5 Å². The van der Waals surface area contributed by atoms with Gasteiger partial charge in [0.1, 0.15) is 5.75 Å². The van der Waals surface area contributed by atoms with Crippen molar-refractivity contribution in [3.63, 3.8) is 0 Å². The second kappa shape index (κ2) is 8.10. The third kappa shape index (κ3) is 4.46. The topological polar surface area (TPSA) is 93.4 Å². The first-order valence-corrected chi connectivity index (χ1v) is 8.13. The van der Waals surface area contributed by atoms with Gasteiger partial charge in [-0.1, -0.05) is 13.0 Å². The number of ether oxygens (including phenoxy) is 1. The summed E-state index contributed by atoms with van der Waals surface area (Å²) in [7, 11) is 1.55. The quantitative estimate of drug-likeness (QED) is 0.696. The third-order valence-electron chi connectivity index (χ3n) is 4.35. The van der Waals surface area contributed by atoms with Crippen LogP contribution in [0.4, 0.5) is 17.1 Å². The van der Waals surface area contributed by atoms with Gasteiger partial charge in [-0.3, -0.25) is 9.59 Å². The Morgan fingerprint density at radius 1 is 1.15 bits per heavy atom. The van der Waals surface area contributed by atoms with Crippen LogP contribution in [0.25, 0.3) is 0 Å². The van der Waals surface area contributed by atoms with Crippen LogP contribution in [0.1, 0.15) is 23.7 Å². The summed E-state index contributed by atoms with van der Waals surface area (Å²) in [5.41, 5.74) is 7.86. The zero-order valence-electron chi connectivity index (χ0n) is 14.6. The highest BCUT2D eigenvalue weighted by Crippen LogP contribution is 2.38. The van der Waals surface area contributed by atoms with E-state index in [4.69, 9.17) is 10.5 Å². The van der Waals surface area contributed by atoms with Crippen molar-refractivity contribution in [1.82, 2.24) is 0 Å². The maximum Gasteiger partial charge on any atom is 0.255 e. The van der Waals surface area contributed by atoms with Gasteiger partial charge < -0.3 is 21.1 Å². The molecule has 1 aliphatic carbocycles. The van der Waals surface area contributed by atoms with Crippen LogP contribution < -0.4 is 21.1 Å². The van der Waals surface area contributed by atoms with Gasteiger partial charge in [-0.2, -0.15) is 0 Å². The van der Waals surface area contributed by atoms with Gasteiger partial charge in [0, 0.05) is 23.2 Å². The fourth-order valence-corrected chi connectivity index (χ4v) is 2.63. The summed E-state index contributed by atoms with van der Waals surface area (Å²) in [5.74, 6) is 0.804. The van der Waals surface area contributed by atoms with Crippen molar-refractivity contribution in [3.8, 4) is 5.75 Å². The second-order valence-corrected chi connectivity index (χ2v) is 6.30. The highest BCUT2D eigenvalue weighted by Gasteiger charge is 2.39. The summed E-state index contributed by atoms with van der Waals surface area (Å²) in [4.78, 5) is 24.5. The van der Waals surface area contributed by atoms with E-state index in [1.54, 1.807) is 49.6 Å². The molecule has 26 heavy (non-hydrogen) atoms. The summed E-state index contributed by atoms with van der Waals surface area (Å²) in [6.07, 6.45) is 0.918. The predicted molar refractivity (Wildman–Crippen MR) is 105 cm³/mol. The number of carbonyl (C=O) groups is 2. The molecule has 2 aromatic rings. The Bertz CT molecular complexity index is 825. The number of hydrogen-bond donors (Lipinski definition) is 3. The van der Waals surface area contributed by atoms with Gasteiger partial charge in [0.2, 0.25) is 5.91 Å². The number of halogens is 1. The zero-order valence-corrected chi connectivity index (χ0v) is 15.4. The average molecular weight is 376 g/mol. The van der Waals surface area contributed by atoms with Crippen LogP contribution in [-0.2, 0) is 4.79 Å². The first-order valence-electron chi connectivity index (χ1n) is 8.13. The number of nitrogens with one attached hydrogen (secondary N) is 2. The fourth-order valence-electron chi connectivity index (χ4n) is 2.63. The number of hydrogen-bond acceptors (Lipinski definition) is 4. The summed E-state index contributed by atoms with van der Waals surface area (Å²) >= 11 is 0. The lowest BCUT2D eigenvalue weighted by Gasteiger charge is -2.11. The minimum Gasteiger partial charge on any atom is -0.497 e. The van der Waals surface area contributed by atoms with Gasteiger partial charge in [-0.25, -0.2) is 0 Å². The maximum atomic E-state index is 12.5. The molecule has 0 aromatic heterocycles. The Morgan fingerprint density at radius 2 is 1.88 bits per heavy atom. The summed E-state index contributed by atoms with van der Waals surface area (Å²) < 4.78 is 5.14. The maximum absolute atomic E-state index is 12.5. The summed E-state index contributed by atoms with van der Waals surface area (Å²) in [6, 6.07) is 11.9. The van der Waals surface area contributed by atoms with Crippen LogP contribution in [0.5, 0.6) is 5.75 Å². The molecule has 0 bridgehead atoms. The van der Waals surface area contributed by atoms with Gasteiger partial charge in [0.25, 0.3) is 5.91 Å². The third-order valence-corrected chi connectivity index (χ3v) is 4.35. The molecule has 3 rings (SSSR count). The van der Waals surface area contributed by atoms with Crippen LogP contribution in [-0.4, -0.2) is 18.9 Å². The molecule has 7 heteroatoms. The standard InChI is InChI=1S/C19H21N3O3.ClH/c1-11-8-15(11)19(24)21-13-5-3-4-12(9-13)18(23)22-17-10-14(25-2)6-7-16(17)20;/h3-7,9-11,15H,8,20H2,1-2H3,(H,21,24)(H,22,23);1H. The van der Waals surface area contributed by atoms with E-state index in [-0.39, 0.29) is 30.1 Å². The molecule has 2 unspecified atom stereocenters. The van der Waals surface area contributed by atoms with Gasteiger partial charge >= 0.3 is 0 Å². The van der Waals surface area contributed by atoms with E-state index in [9.17, 15) is 9.59 Å². The van der Waals surface area contributed by atoms with Crippen LogP contribution in [0.2, 0.25) is 0 Å². The monoisotopic (exact) mass is 375 g/mol. The number of nitrogen functional groups attached to an aromatic ring is 1. The molecule has 0 aliphatic heterocycles. The molecule has 2 amide bonds. The van der Waals surface area contributed by atoms with Crippen molar-refractivity contribution < 1.29 is 14.3 Å². The molecule has 1 aliphatic rings. The molecule has 4 N–H and O–H groups in total. The molecule has 0 saturated heterocycles. The highest BCUT2D eigenvalue weighted by molar-refractivity contribution is 6.07. The van der Waals surface area contributed by atoms with Crippen LogP contribution >= 0.6 is 12.4 Å². The molecular weight excluding hydrogens is 354 g/mol. The Labute approximate surface area is 158 Å². The Morgan fingerprint density at radius 3 is 2.54 bits per heavy atom. The number of methoxy groups -OCH3 is 1. The second-order valence-electron chi connectivity index (χ2n) is 6.30. The normalized spacial score (nSPS) is 17.6. The molecule has 6 nitrogen and oxygen atoms in total. The number of anilines is 3. The van der Waals surface area contributed by atoms with E-state index in [1.165, 1.54) is 0 Å². The molecule has 0 heterocycles. The molecule has 2 aromatic carbocycles. The Balaban J connectivity index is 0.00000243. The van der Waals surface area contributed by atoms with E-state index in [1.807, 2.05) is 6.92 Å². The summed E-state index contributed by atoms with van der Waals surface area (Å²) in [6.45, 7) is 2.05. The molecule has 138 valence electrons. The summed E-state index contributed by atoms with van der Waals surface area (Å²) in [5, 5.41) is 5.63. The lowest BCUT2D eigenvalue weighted by Crippen LogP contribution is -2.16. The van der Waals surface area contributed by atoms with Crippen LogP contribution in [0, 0.1) is 11.8 Å². The minimum atomic E-state index is -0.309. The number of rotatable bonds is 5. The van der Waals surface area contributed by atoms with Crippen molar-refractivity contribution in [1.29, 1.82) is 0 Å². The van der Waals surface area contributed by atoms with E-state index >= 15 is 0 Å². The molecule has 0 spiro atoms. The predicted octanol–water partition coefficient (Wildman–Crippen LogP) is 3.55. The number of nitrogens with two attached hydrogens (primary N) is 1.